The van der Waals surface area contributed by atoms with Gasteiger partial charge in [-0.05, 0) is 6.07 Å². The van der Waals surface area contributed by atoms with Crippen molar-refractivity contribution in [3.05, 3.63) is 34.7 Å². The Morgan fingerprint density at radius 2 is 2.23 bits per heavy atom. The fraction of sp³-hybridized carbons (Fsp3) is 0.100. The van der Waals surface area contributed by atoms with Crippen molar-refractivity contribution < 1.29 is 0 Å². The van der Waals surface area contributed by atoms with Gasteiger partial charge in [-0.3, -0.25) is 0 Å². The Kier molecular flexibility index (Phi) is 1.40. The minimum Gasteiger partial charge on any atom is -0.305 e. The maximum absolute atomic E-state index is 4.07. The van der Waals surface area contributed by atoms with Crippen molar-refractivity contribution in [2.45, 2.75) is 6.54 Å². The van der Waals surface area contributed by atoms with Gasteiger partial charge in [-0.25, -0.2) is 0 Å². The fourth-order valence-corrected chi connectivity index (χ4v) is 2.73. The minimum absolute atomic E-state index is 0.866. The Bertz CT molecular complexity index is 485. The summed E-state index contributed by atoms with van der Waals surface area (Å²) < 4.78 is 1.35. The number of benzene rings is 1. The Labute approximate surface area is 79.9 Å². The molecule has 0 amide bonds. The predicted molar refractivity (Wildman–Crippen MR) is 56.3 cm³/mol. The van der Waals surface area contributed by atoms with Crippen molar-refractivity contribution >= 4 is 27.6 Å². The number of hydrogen-bond acceptors (Lipinski definition) is 3. The SMILES string of the molecule is C1=NNCc2sc3ccccc3c21. The van der Waals surface area contributed by atoms with Crippen molar-refractivity contribution in [2.75, 3.05) is 0 Å². The first-order valence-electron chi connectivity index (χ1n) is 4.21. The number of thiophene rings is 1. The molecule has 0 spiro atoms. The van der Waals surface area contributed by atoms with E-state index in [4.69, 9.17) is 0 Å². The van der Waals surface area contributed by atoms with Crippen LogP contribution < -0.4 is 5.43 Å². The largest absolute Gasteiger partial charge is 0.305 e. The zero-order valence-electron chi connectivity index (χ0n) is 6.95. The Hall–Kier alpha value is -1.35. The van der Waals surface area contributed by atoms with Crippen LogP contribution in [-0.2, 0) is 6.54 Å². The molecular formula is C10H8N2S. The summed E-state index contributed by atoms with van der Waals surface area (Å²) >= 11 is 1.85. The van der Waals surface area contributed by atoms with E-state index >= 15 is 0 Å². The molecule has 0 bridgehead atoms. The fourth-order valence-electron chi connectivity index (χ4n) is 1.62. The van der Waals surface area contributed by atoms with Crippen LogP contribution in [0.15, 0.2) is 29.4 Å². The lowest BCUT2D eigenvalue weighted by atomic mass is 10.1. The summed E-state index contributed by atoms with van der Waals surface area (Å²) in [4.78, 5) is 1.39. The molecule has 0 saturated carbocycles. The van der Waals surface area contributed by atoms with E-state index < -0.39 is 0 Å². The van der Waals surface area contributed by atoms with E-state index in [-0.39, 0.29) is 0 Å². The molecule has 1 aromatic heterocycles. The van der Waals surface area contributed by atoms with Crippen LogP contribution in [0.2, 0.25) is 0 Å². The van der Waals surface area contributed by atoms with Gasteiger partial charge in [0.05, 0.1) is 12.8 Å². The van der Waals surface area contributed by atoms with Gasteiger partial charge in [0.1, 0.15) is 0 Å². The molecule has 0 fully saturated rings. The molecule has 0 aliphatic carbocycles. The van der Waals surface area contributed by atoms with E-state index in [1.807, 2.05) is 17.6 Å². The zero-order valence-corrected chi connectivity index (χ0v) is 7.77. The first-order valence-corrected chi connectivity index (χ1v) is 5.03. The van der Waals surface area contributed by atoms with Crippen LogP contribution in [0.1, 0.15) is 10.4 Å². The van der Waals surface area contributed by atoms with Crippen LogP contribution in [0, 0.1) is 0 Å². The van der Waals surface area contributed by atoms with Gasteiger partial charge in [0.25, 0.3) is 0 Å². The average Bonchev–Trinajstić information content (AvgIpc) is 2.56. The van der Waals surface area contributed by atoms with Gasteiger partial charge in [-0.1, -0.05) is 18.2 Å². The minimum atomic E-state index is 0.866. The van der Waals surface area contributed by atoms with Crippen molar-refractivity contribution in [1.82, 2.24) is 5.43 Å². The van der Waals surface area contributed by atoms with Gasteiger partial charge in [-0.2, -0.15) is 5.10 Å². The lowest BCUT2D eigenvalue weighted by Crippen LogP contribution is -2.10. The molecule has 64 valence electrons. The van der Waals surface area contributed by atoms with E-state index in [1.54, 1.807) is 0 Å². The second-order valence-electron chi connectivity index (χ2n) is 3.03. The van der Waals surface area contributed by atoms with Crippen molar-refractivity contribution in [2.24, 2.45) is 5.10 Å². The maximum atomic E-state index is 4.07. The monoisotopic (exact) mass is 188 g/mol. The van der Waals surface area contributed by atoms with Crippen LogP contribution in [-0.4, -0.2) is 6.21 Å². The molecule has 2 aromatic rings. The van der Waals surface area contributed by atoms with Gasteiger partial charge in [-0.15, -0.1) is 11.3 Å². The summed E-state index contributed by atoms with van der Waals surface area (Å²) in [6.07, 6.45) is 1.91. The summed E-state index contributed by atoms with van der Waals surface area (Å²) in [6.45, 7) is 0.866. The summed E-state index contributed by atoms with van der Waals surface area (Å²) in [6, 6.07) is 8.47. The van der Waals surface area contributed by atoms with Crippen LogP contribution >= 0.6 is 11.3 Å². The van der Waals surface area contributed by atoms with Gasteiger partial charge in [0.2, 0.25) is 0 Å². The lowest BCUT2D eigenvalue weighted by molar-refractivity contribution is 0.747. The molecule has 2 nitrogen and oxygen atoms in total. The smallest absolute Gasteiger partial charge is 0.0680 e. The van der Waals surface area contributed by atoms with Crippen molar-refractivity contribution in [1.29, 1.82) is 0 Å². The Morgan fingerprint density at radius 1 is 1.31 bits per heavy atom. The first kappa shape index (κ1) is 7.09. The van der Waals surface area contributed by atoms with Crippen LogP contribution in [0.5, 0.6) is 0 Å². The summed E-state index contributed by atoms with van der Waals surface area (Å²) in [7, 11) is 0. The number of nitrogens with zero attached hydrogens (tertiary/aromatic N) is 1. The zero-order chi connectivity index (χ0) is 8.67. The number of hydrogen-bond donors (Lipinski definition) is 1. The number of hydrazone groups is 1. The molecule has 1 aliphatic rings. The standard InChI is InChI=1S/C10H8N2S/c1-2-4-9-7(3-1)8-5-11-12-6-10(8)13-9/h1-5,12H,6H2. The maximum Gasteiger partial charge on any atom is 0.0680 e. The molecule has 0 radical (unpaired) electrons. The highest BCUT2D eigenvalue weighted by atomic mass is 32.1. The first-order chi connectivity index (χ1) is 6.45. The Balaban J connectivity index is 2.42. The number of rotatable bonds is 0. The molecule has 3 rings (SSSR count). The quantitative estimate of drug-likeness (QED) is 0.674. The highest BCUT2D eigenvalue weighted by Gasteiger charge is 2.11. The van der Waals surface area contributed by atoms with Gasteiger partial charge in [0.15, 0.2) is 0 Å². The van der Waals surface area contributed by atoms with E-state index in [0.717, 1.165) is 6.54 Å². The average molecular weight is 188 g/mol. The highest BCUT2D eigenvalue weighted by Crippen LogP contribution is 2.30. The van der Waals surface area contributed by atoms with Crippen molar-refractivity contribution in [3.8, 4) is 0 Å². The summed E-state index contributed by atoms with van der Waals surface area (Å²) in [5.41, 5.74) is 4.27. The van der Waals surface area contributed by atoms with Gasteiger partial charge >= 0.3 is 0 Å². The molecular weight excluding hydrogens is 180 g/mol. The molecule has 0 unspecified atom stereocenters. The second kappa shape index (κ2) is 2.57. The van der Waals surface area contributed by atoms with Crippen LogP contribution in [0.3, 0.4) is 0 Å². The molecule has 1 aliphatic heterocycles. The van der Waals surface area contributed by atoms with E-state index in [2.05, 4.69) is 34.8 Å². The highest BCUT2D eigenvalue weighted by molar-refractivity contribution is 7.19. The third kappa shape index (κ3) is 0.971. The molecule has 1 aromatic carbocycles. The second-order valence-corrected chi connectivity index (χ2v) is 4.16. The van der Waals surface area contributed by atoms with Crippen molar-refractivity contribution in [3.63, 3.8) is 0 Å². The van der Waals surface area contributed by atoms with E-state index in [1.165, 1.54) is 20.5 Å². The predicted octanol–water partition coefficient (Wildman–Crippen LogP) is 2.34. The molecule has 3 heteroatoms. The molecule has 2 heterocycles. The van der Waals surface area contributed by atoms with Crippen LogP contribution in [0.25, 0.3) is 10.1 Å². The normalized spacial score (nSPS) is 14.2. The number of nitrogens with one attached hydrogen (secondary N) is 1. The summed E-state index contributed by atoms with van der Waals surface area (Å²) in [5, 5.41) is 5.40. The Morgan fingerprint density at radius 3 is 3.23 bits per heavy atom. The lowest BCUT2D eigenvalue weighted by Gasteiger charge is -2.04. The van der Waals surface area contributed by atoms with Crippen LogP contribution in [0.4, 0.5) is 0 Å². The van der Waals surface area contributed by atoms with E-state index in [9.17, 15) is 0 Å². The molecule has 1 N–H and O–H groups in total. The van der Waals surface area contributed by atoms with Gasteiger partial charge < -0.3 is 5.43 Å². The third-order valence-corrected chi connectivity index (χ3v) is 3.42. The van der Waals surface area contributed by atoms with Gasteiger partial charge in [0, 0.05) is 20.5 Å². The molecule has 0 atom stereocenters. The topological polar surface area (TPSA) is 24.4 Å². The summed E-state index contributed by atoms with van der Waals surface area (Å²) in [5.74, 6) is 0. The van der Waals surface area contributed by atoms with E-state index in [0.29, 0.717) is 0 Å². The molecule has 0 saturated heterocycles. The number of fused-ring (bicyclic) bond motifs is 3. The third-order valence-electron chi connectivity index (χ3n) is 2.24. The molecule has 13 heavy (non-hydrogen) atoms.